The summed E-state index contributed by atoms with van der Waals surface area (Å²) in [6, 6.07) is 1.75. The van der Waals surface area contributed by atoms with Gasteiger partial charge in [-0.3, -0.25) is 14.6 Å². The number of likely N-dealkylation sites (tertiary alicyclic amines) is 2. The van der Waals surface area contributed by atoms with Gasteiger partial charge in [0.05, 0.1) is 11.1 Å². The summed E-state index contributed by atoms with van der Waals surface area (Å²) in [4.78, 5) is 33.8. The minimum absolute atomic E-state index is 0.0155. The highest BCUT2D eigenvalue weighted by molar-refractivity contribution is 5.99. The molecule has 5 heteroatoms. The first-order chi connectivity index (χ1) is 12.8. The van der Waals surface area contributed by atoms with Crippen LogP contribution >= 0.6 is 0 Å². The van der Waals surface area contributed by atoms with Gasteiger partial charge in [0.1, 0.15) is 0 Å². The van der Waals surface area contributed by atoms with Crippen LogP contribution in [-0.2, 0) is 0 Å². The topological polar surface area (TPSA) is 53.5 Å². The molecule has 0 unspecified atom stereocenters. The molecule has 0 aliphatic carbocycles. The minimum atomic E-state index is 0.0155. The number of pyridine rings is 1. The van der Waals surface area contributed by atoms with Gasteiger partial charge in [0.25, 0.3) is 11.8 Å². The maximum Gasteiger partial charge on any atom is 0.255 e. The standard InChI is InChI=1S/C21H31N3O2/c25-20(23-11-7-3-1-4-8-12-23)18-15-19(17-22-16-18)21(26)24-13-9-5-2-6-10-14-24/h15-17H,1-14H2. The summed E-state index contributed by atoms with van der Waals surface area (Å²) in [7, 11) is 0. The molecule has 26 heavy (non-hydrogen) atoms. The first-order valence-electron chi connectivity index (χ1n) is 10.3. The monoisotopic (exact) mass is 357 g/mol. The van der Waals surface area contributed by atoms with Gasteiger partial charge in [-0.05, 0) is 31.7 Å². The van der Waals surface area contributed by atoms with Crippen LogP contribution in [0.1, 0.15) is 84.9 Å². The van der Waals surface area contributed by atoms with Gasteiger partial charge in [-0.15, -0.1) is 0 Å². The molecule has 0 N–H and O–H groups in total. The Hall–Kier alpha value is -1.91. The van der Waals surface area contributed by atoms with Crippen LogP contribution in [0.2, 0.25) is 0 Å². The normalized spacial score (nSPS) is 19.8. The van der Waals surface area contributed by atoms with Crippen molar-refractivity contribution in [3.63, 3.8) is 0 Å². The van der Waals surface area contributed by atoms with E-state index in [0.29, 0.717) is 11.1 Å². The molecule has 2 aliphatic rings. The third kappa shape index (κ3) is 5.05. The molecular weight excluding hydrogens is 326 g/mol. The smallest absolute Gasteiger partial charge is 0.255 e. The molecule has 0 bridgehead atoms. The Bertz CT molecular complexity index is 552. The number of rotatable bonds is 2. The average molecular weight is 357 g/mol. The maximum absolute atomic E-state index is 12.9. The van der Waals surface area contributed by atoms with Crippen molar-refractivity contribution in [3.8, 4) is 0 Å². The van der Waals surface area contributed by atoms with Crippen molar-refractivity contribution >= 4 is 11.8 Å². The lowest BCUT2D eigenvalue weighted by molar-refractivity contribution is 0.0740. The predicted molar refractivity (Wildman–Crippen MR) is 102 cm³/mol. The largest absolute Gasteiger partial charge is 0.339 e. The fourth-order valence-electron chi connectivity index (χ4n) is 3.94. The van der Waals surface area contributed by atoms with E-state index in [1.165, 1.54) is 38.5 Å². The number of aromatic nitrogens is 1. The second-order valence-electron chi connectivity index (χ2n) is 7.58. The van der Waals surface area contributed by atoms with E-state index in [1.54, 1.807) is 18.5 Å². The van der Waals surface area contributed by atoms with Crippen LogP contribution in [0, 0.1) is 0 Å². The van der Waals surface area contributed by atoms with E-state index < -0.39 is 0 Å². The molecule has 0 spiro atoms. The summed E-state index contributed by atoms with van der Waals surface area (Å²) in [6.45, 7) is 3.23. The van der Waals surface area contributed by atoms with Gasteiger partial charge in [-0.25, -0.2) is 0 Å². The average Bonchev–Trinajstić information content (AvgIpc) is 2.60. The van der Waals surface area contributed by atoms with Crippen molar-refractivity contribution in [3.05, 3.63) is 29.6 Å². The molecule has 3 rings (SSSR count). The van der Waals surface area contributed by atoms with E-state index in [9.17, 15) is 9.59 Å². The number of hydrogen-bond donors (Lipinski definition) is 0. The number of carbonyl (C=O) groups excluding carboxylic acids is 2. The zero-order valence-corrected chi connectivity index (χ0v) is 15.8. The van der Waals surface area contributed by atoms with Crippen molar-refractivity contribution < 1.29 is 9.59 Å². The first kappa shape index (κ1) is 18.9. The second-order valence-corrected chi connectivity index (χ2v) is 7.58. The van der Waals surface area contributed by atoms with Crippen LogP contribution < -0.4 is 0 Å². The van der Waals surface area contributed by atoms with E-state index in [2.05, 4.69) is 4.98 Å². The summed E-state index contributed by atoms with van der Waals surface area (Å²) >= 11 is 0. The van der Waals surface area contributed by atoms with Crippen LogP contribution in [0.3, 0.4) is 0 Å². The van der Waals surface area contributed by atoms with Crippen molar-refractivity contribution in [1.82, 2.24) is 14.8 Å². The van der Waals surface area contributed by atoms with Crippen LogP contribution in [0.5, 0.6) is 0 Å². The minimum Gasteiger partial charge on any atom is -0.339 e. The third-order valence-corrected chi connectivity index (χ3v) is 5.52. The van der Waals surface area contributed by atoms with Crippen molar-refractivity contribution in [2.75, 3.05) is 26.2 Å². The molecule has 0 aromatic carbocycles. The molecule has 1 aromatic heterocycles. The molecule has 2 saturated heterocycles. The van der Waals surface area contributed by atoms with Gasteiger partial charge in [-0.2, -0.15) is 0 Å². The van der Waals surface area contributed by atoms with E-state index in [1.807, 2.05) is 9.80 Å². The summed E-state index contributed by atoms with van der Waals surface area (Å²) in [5, 5.41) is 0. The number of amides is 2. The molecule has 3 heterocycles. The molecular formula is C21H31N3O2. The van der Waals surface area contributed by atoms with Gasteiger partial charge < -0.3 is 9.80 Å². The van der Waals surface area contributed by atoms with Gasteiger partial charge in [0.2, 0.25) is 0 Å². The van der Waals surface area contributed by atoms with Crippen LogP contribution in [-0.4, -0.2) is 52.8 Å². The van der Waals surface area contributed by atoms with Crippen molar-refractivity contribution in [2.24, 2.45) is 0 Å². The van der Waals surface area contributed by atoms with E-state index in [-0.39, 0.29) is 11.8 Å². The van der Waals surface area contributed by atoms with Crippen LogP contribution in [0.15, 0.2) is 18.5 Å². The second kappa shape index (κ2) is 9.70. The van der Waals surface area contributed by atoms with Crippen molar-refractivity contribution in [1.29, 1.82) is 0 Å². The number of hydrogen-bond acceptors (Lipinski definition) is 3. The Morgan fingerprint density at radius 1 is 0.615 bits per heavy atom. The van der Waals surface area contributed by atoms with Crippen LogP contribution in [0.4, 0.5) is 0 Å². The zero-order chi connectivity index (χ0) is 18.2. The van der Waals surface area contributed by atoms with E-state index in [4.69, 9.17) is 0 Å². The lowest BCUT2D eigenvalue weighted by atomic mass is 10.1. The molecule has 142 valence electrons. The number of carbonyl (C=O) groups is 2. The Morgan fingerprint density at radius 3 is 1.35 bits per heavy atom. The van der Waals surface area contributed by atoms with E-state index in [0.717, 1.165) is 51.9 Å². The summed E-state index contributed by atoms with van der Waals surface area (Å²) in [5.74, 6) is 0.0310. The first-order valence-corrected chi connectivity index (χ1v) is 10.3. The lowest BCUT2D eigenvalue weighted by Crippen LogP contribution is -2.35. The summed E-state index contributed by atoms with van der Waals surface area (Å²) < 4.78 is 0. The highest BCUT2D eigenvalue weighted by atomic mass is 16.2. The maximum atomic E-state index is 12.9. The Balaban J connectivity index is 1.70. The fraction of sp³-hybridized carbons (Fsp3) is 0.667. The van der Waals surface area contributed by atoms with Gasteiger partial charge in [0.15, 0.2) is 0 Å². The Kier molecular flexibility index (Phi) is 7.04. The molecule has 0 saturated carbocycles. The molecule has 1 aromatic rings. The highest BCUT2D eigenvalue weighted by Gasteiger charge is 2.21. The summed E-state index contributed by atoms with van der Waals surface area (Å²) in [5.41, 5.74) is 1.09. The predicted octanol–water partition coefficient (Wildman–Crippen LogP) is 3.89. The number of nitrogens with zero attached hydrogens (tertiary/aromatic N) is 3. The molecule has 2 fully saturated rings. The quantitative estimate of drug-likeness (QED) is 0.807. The summed E-state index contributed by atoms with van der Waals surface area (Å²) in [6.07, 6.45) is 14.7. The molecule has 2 amide bonds. The zero-order valence-electron chi connectivity index (χ0n) is 15.8. The van der Waals surface area contributed by atoms with Gasteiger partial charge in [-0.1, -0.05) is 38.5 Å². The SMILES string of the molecule is O=C(c1cncc(C(=O)N2CCCCCCC2)c1)N1CCCCCCC1. The van der Waals surface area contributed by atoms with Crippen molar-refractivity contribution in [2.45, 2.75) is 64.2 Å². The molecule has 0 radical (unpaired) electrons. The molecule has 0 atom stereocenters. The van der Waals surface area contributed by atoms with Gasteiger partial charge in [0, 0.05) is 38.6 Å². The molecule has 5 nitrogen and oxygen atoms in total. The molecule has 2 aliphatic heterocycles. The third-order valence-electron chi connectivity index (χ3n) is 5.52. The van der Waals surface area contributed by atoms with Crippen LogP contribution in [0.25, 0.3) is 0 Å². The Morgan fingerprint density at radius 2 is 0.962 bits per heavy atom. The fourth-order valence-corrected chi connectivity index (χ4v) is 3.94. The highest BCUT2D eigenvalue weighted by Crippen LogP contribution is 2.16. The van der Waals surface area contributed by atoms with E-state index >= 15 is 0 Å². The van der Waals surface area contributed by atoms with Gasteiger partial charge >= 0.3 is 0 Å². The Labute approximate surface area is 156 Å². The lowest BCUT2D eigenvalue weighted by Gasteiger charge is -2.26.